The van der Waals surface area contributed by atoms with Crippen molar-refractivity contribution in [2.75, 3.05) is 0 Å². The maximum atomic E-state index is 12.9. The number of ether oxygens (including phenoxy) is 1. The number of halogens is 1. The van der Waals surface area contributed by atoms with Gasteiger partial charge in [-0.2, -0.15) is 0 Å². The van der Waals surface area contributed by atoms with E-state index < -0.39 is 5.92 Å². The molecule has 0 aliphatic heterocycles. The number of benzene rings is 2. The molecule has 2 bridgehead atoms. The molecule has 2 saturated carbocycles. The highest BCUT2D eigenvalue weighted by Gasteiger charge is 2.47. The zero-order valence-corrected chi connectivity index (χ0v) is 16.3. The van der Waals surface area contributed by atoms with Crippen molar-refractivity contribution in [3.05, 3.63) is 58.1 Å². The van der Waals surface area contributed by atoms with Gasteiger partial charge in [-0.25, -0.2) is 0 Å². The van der Waals surface area contributed by atoms with Crippen LogP contribution < -0.4 is 4.74 Å². The molecule has 3 nitrogen and oxygen atoms in total. The molecular weight excluding hydrogens is 392 g/mol. The van der Waals surface area contributed by atoms with E-state index in [1.165, 1.54) is 0 Å². The summed E-state index contributed by atoms with van der Waals surface area (Å²) in [5.74, 6) is 1.12. The van der Waals surface area contributed by atoms with E-state index in [1.54, 1.807) is 0 Å². The summed E-state index contributed by atoms with van der Waals surface area (Å²) in [5, 5.41) is 0. The fourth-order valence-electron chi connectivity index (χ4n) is 4.28. The normalized spacial score (nSPS) is 24.8. The smallest absolute Gasteiger partial charge is 0.150 e. The third kappa shape index (κ3) is 3.11. The summed E-state index contributed by atoms with van der Waals surface area (Å²) in [6, 6.07) is 13.4. The molecule has 0 spiro atoms. The van der Waals surface area contributed by atoms with E-state index in [1.807, 2.05) is 42.5 Å². The van der Waals surface area contributed by atoms with Gasteiger partial charge in [-0.05, 0) is 73.2 Å². The zero-order chi connectivity index (χ0) is 18.3. The number of aryl methyl sites for hydroxylation is 1. The highest BCUT2D eigenvalue weighted by Crippen LogP contribution is 2.45. The van der Waals surface area contributed by atoms with Crippen LogP contribution in [0.4, 0.5) is 0 Å². The van der Waals surface area contributed by atoms with Gasteiger partial charge in [-0.1, -0.05) is 28.9 Å². The predicted molar refractivity (Wildman–Crippen MR) is 104 cm³/mol. The van der Waals surface area contributed by atoms with Crippen molar-refractivity contribution in [1.29, 1.82) is 0 Å². The Morgan fingerprint density at radius 1 is 0.962 bits per heavy atom. The summed E-state index contributed by atoms with van der Waals surface area (Å²) in [7, 11) is 0. The van der Waals surface area contributed by atoms with Crippen molar-refractivity contribution < 1.29 is 14.3 Å². The first-order valence-electron chi connectivity index (χ1n) is 9.20. The third-order valence-corrected chi connectivity index (χ3v) is 6.19. The first kappa shape index (κ1) is 17.5. The van der Waals surface area contributed by atoms with Crippen LogP contribution in [0.15, 0.2) is 46.9 Å². The minimum atomic E-state index is -0.607. The summed E-state index contributed by atoms with van der Waals surface area (Å²) in [4.78, 5) is 25.8. The molecule has 2 aliphatic carbocycles. The predicted octanol–water partition coefficient (Wildman–Crippen LogP) is 5.46. The number of hydrogen-bond acceptors (Lipinski definition) is 3. The maximum Gasteiger partial charge on any atom is 0.150 e. The molecule has 2 fully saturated rings. The van der Waals surface area contributed by atoms with Gasteiger partial charge in [0.25, 0.3) is 0 Å². The Kier molecular flexibility index (Phi) is 4.70. The molecule has 4 heteroatoms. The first-order chi connectivity index (χ1) is 12.6. The lowest BCUT2D eigenvalue weighted by Crippen LogP contribution is -2.35. The zero-order valence-electron chi connectivity index (χ0n) is 14.7. The van der Waals surface area contributed by atoms with Crippen molar-refractivity contribution in [3.8, 4) is 11.5 Å². The molecule has 0 saturated heterocycles. The van der Waals surface area contributed by atoms with Gasteiger partial charge in [-0.3, -0.25) is 9.59 Å². The largest absolute Gasteiger partial charge is 0.457 e. The molecule has 0 aromatic heterocycles. The van der Waals surface area contributed by atoms with Crippen LogP contribution in [0, 0.1) is 11.8 Å². The highest BCUT2D eigenvalue weighted by atomic mass is 79.9. The van der Waals surface area contributed by atoms with Crippen LogP contribution in [0.3, 0.4) is 0 Å². The Hall–Kier alpha value is -1.94. The van der Waals surface area contributed by atoms with E-state index >= 15 is 0 Å². The average Bonchev–Trinajstić information content (AvgIpc) is 3.10. The van der Waals surface area contributed by atoms with Crippen LogP contribution in [0.2, 0.25) is 0 Å². The molecule has 134 valence electrons. The first-order valence-corrected chi connectivity index (χ1v) is 9.99. The quantitative estimate of drug-likeness (QED) is 0.626. The average molecular weight is 413 g/mol. The number of ketones is 2. The summed E-state index contributed by atoms with van der Waals surface area (Å²) in [6.07, 6.45) is 3.27. The molecule has 4 rings (SSSR count). The van der Waals surface area contributed by atoms with E-state index in [0.29, 0.717) is 5.75 Å². The molecule has 0 N–H and O–H groups in total. The van der Waals surface area contributed by atoms with Gasteiger partial charge in [-0.15, -0.1) is 0 Å². The lowest BCUT2D eigenvalue weighted by atomic mass is 9.74. The minimum Gasteiger partial charge on any atom is -0.457 e. The molecule has 2 atom stereocenters. The SMILES string of the molecule is CCc1ccc(Oc2ccc(Br)cc2)cc1C1C(=O)C2CCC(C2)C1=O. The maximum absolute atomic E-state index is 12.9. The molecule has 0 amide bonds. The van der Waals surface area contributed by atoms with Gasteiger partial charge in [0.2, 0.25) is 0 Å². The summed E-state index contributed by atoms with van der Waals surface area (Å²) < 4.78 is 6.95. The Labute approximate surface area is 161 Å². The molecule has 2 unspecified atom stereocenters. The van der Waals surface area contributed by atoms with E-state index in [4.69, 9.17) is 4.74 Å². The van der Waals surface area contributed by atoms with E-state index in [0.717, 1.165) is 47.0 Å². The van der Waals surface area contributed by atoms with Crippen LogP contribution in [0.1, 0.15) is 43.2 Å². The number of hydrogen-bond donors (Lipinski definition) is 0. The second-order valence-corrected chi connectivity index (χ2v) is 8.13. The Morgan fingerprint density at radius 3 is 2.19 bits per heavy atom. The van der Waals surface area contributed by atoms with Crippen molar-refractivity contribution in [2.24, 2.45) is 11.8 Å². The second-order valence-electron chi connectivity index (χ2n) is 7.21. The van der Waals surface area contributed by atoms with E-state index in [9.17, 15) is 9.59 Å². The molecule has 0 radical (unpaired) electrons. The number of carbonyl (C=O) groups is 2. The van der Waals surface area contributed by atoms with Crippen molar-refractivity contribution in [2.45, 2.75) is 38.5 Å². The van der Waals surface area contributed by atoms with Gasteiger partial charge in [0.05, 0.1) is 0 Å². The summed E-state index contributed by atoms with van der Waals surface area (Å²) >= 11 is 3.41. The van der Waals surface area contributed by atoms with Gasteiger partial charge < -0.3 is 4.74 Å². The van der Waals surface area contributed by atoms with Gasteiger partial charge in [0.15, 0.2) is 11.6 Å². The lowest BCUT2D eigenvalue weighted by Gasteiger charge is -2.27. The monoisotopic (exact) mass is 412 g/mol. The van der Waals surface area contributed by atoms with Crippen LogP contribution in [0.5, 0.6) is 11.5 Å². The molecule has 0 heterocycles. The molecular formula is C22H21BrO3. The Balaban J connectivity index is 1.69. The van der Waals surface area contributed by atoms with Crippen LogP contribution >= 0.6 is 15.9 Å². The van der Waals surface area contributed by atoms with Crippen molar-refractivity contribution in [3.63, 3.8) is 0 Å². The number of carbonyl (C=O) groups excluding carboxylic acids is 2. The number of rotatable bonds is 4. The Bertz CT molecular complexity index is 834. The summed E-state index contributed by atoms with van der Waals surface area (Å²) in [5.41, 5.74) is 1.90. The lowest BCUT2D eigenvalue weighted by molar-refractivity contribution is -0.135. The van der Waals surface area contributed by atoms with Crippen LogP contribution in [-0.2, 0) is 16.0 Å². The fraction of sp³-hybridized carbons (Fsp3) is 0.364. The highest BCUT2D eigenvalue weighted by molar-refractivity contribution is 9.10. The van der Waals surface area contributed by atoms with Gasteiger partial charge in [0.1, 0.15) is 17.4 Å². The molecule has 2 aliphatic rings. The van der Waals surface area contributed by atoms with Crippen LogP contribution in [-0.4, -0.2) is 11.6 Å². The number of Topliss-reactive ketones (excluding diaryl/α,β-unsaturated/α-hetero) is 2. The Morgan fingerprint density at radius 2 is 1.58 bits per heavy atom. The molecule has 26 heavy (non-hydrogen) atoms. The molecule has 2 aromatic carbocycles. The molecule has 2 aromatic rings. The van der Waals surface area contributed by atoms with E-state index in [-0.39, 0.29) is 23.4 Å². The van der Waals surface area contributed by atoms with Gasteiger partial charge >= 0.3 is 0 Å². The van der Waals surface area contributed by atoms with Gasteiger partial charge in [0, 0.05) is 16.3 Å². The van der Waals surface area contributed by atoms with Crippen LogP contribution in [0.25, 0.3) is 0 Å². The van der Waals surface area contributed by atoms with Crippen molar-refractivity contribution in [1.82, 2.24) is 0 Å². The minimum absolute atomic E-state index is 0.0588. The third-order valence-electron chi connectivity index (χ3n) is 5.66. The fourth-order valence-corrected chi connectivity index (χ4v) is 4.55. The topological polar surface area (TPSA) is 43.4 Å². The summed E-state index contributed by atoms with van der Waals surface area (Å²) in [6.45, 7) is 2.06. The standard InChI is InChI=1S/C22H21BrO3/c1-2-13-5-8-18(26-17-9-6-16(23)7-10-17)12-19(13)20-21(24)14-3-4-15(11-14)22(20)25/h5-10,12,14-15,20H,2-4,11H2,1H3. The number of fused-ring (bicyclic) bond motifs is 2. The van der Waals surface area contributed by atoms with Crippen molar-refractivity contribution >= 4 is 27.5 Å². The second kappa shape index (κ2) is 6.99. The van der Waals surface area contributed by atoms with E-state index in [2.05, 4.69) is 22.9 Å².